The maximum Gasteiger partial charge on any atom is 0.228 e. The Morgan fingerprint density at radius 2 is 2.19 bits per heavy atom. The van der Waals surface area contributed by atoms with Crippen LogP contribution in [-0.2, 0) is 4.79 Å². The van der Waals surface area contributed by atoms with Crippen LogP contribution in [-0.4, -0.2) is 17.8 Å². The summed E-state index contributed by atoms with van der Waals surface area (Å²) in [5.41, 5.74) is 0.182. The highest BCUT2D eigenvalue weighted by molar-refractivity contribution is 9.10. The lowest BCUT2D eigenvalue weighted by Crippen LogP contribution is -2.25. The highest BCUT2D eigenvalue weighted by Gasteiger charge is 2.31. The smallest absolute Gasteiger partial charge is 0.228 e. The molecule has 0 N–H and O–H groups in total. The maximum absolute atomic E-state index is 13.7. The summed E-state index contributed by atoms with van der Waals surface area (Å²) >= 11 is 14.8. The molecule has 2 rings (SSSR count). The van der Waals surface area contributed by atoms with Gasteiger partial charge in [0.15, 0.2) is 0 Å². The molecule has 0 bridgehead atoms. The molecule has 16 heavy (non-hydrogen) atoms. The van der Waals surface area contributed by atoms with Gasteiger partial charge in [-0.1, -0.05) is 11.6 Å². The Balaban J connectivity index is 2.41. The molecule has 0 aromatic heterocycles. The second-order valence-electron chi connectivity index (χ2n) is 3.52. The predicted octanol–water partition coefficient (Wildman–Crippen LogP) is 3.59. The largest absolute Gasteiger partial charge is 0.308 e. The number of anilines is 1. The van der Waals surface area contributed by atoms with Crippen LogP contribution in [0.15, 0.2) is 16.6 Å². The fraction of sp³-hybridized carbons (Fsp3) is 0.300. The third-order valence-corrected chi connectivity index (χ3v) is 3.85. The number of rotatable bonds is 1. The first-order chi connectivity index (χ1) is 7.49. The molecular weight excluding hydrogens is 320 g/mol. The lowest BCUT2D eigenvalue weighted by Gasteiger charge is -2.17. The van der Waals surface area contributed by atoms with Crippen LogP contribution >= 0.6 is 39.1 Å². The molecule has 0 radical (unpaired) electrons. The number of halogens is 4. The quantitative estimate of drug-likeness (QED) is 0.570. The van der Waals surface area contributed by atoms with E-state index in [-0.39, 0.29) is 23.4 Å². The summed E-state index contributed by atoms with van der Waals surface area (Å²) in [6.07, 6.45) is 0.231. The molecule has 1 aliphatic rings. The zero-order chi connectivity index (χ0) is 11.9. The van der Waals surface area contributed by atoms with Crippen molar-refractivity contribution < 1.29 is 9.18 Å². The number of hydrogen-bond donors (Lipinski definition) is 0. The number of amides is 1. The summed E-state index contributed by atoms with van der Waals surface area (Å²) < 4.78 is 14.1. The van der Waals surface area contributed by atoms with Crippen LogP contribution in [0.2, 0.25) is 5.02 Å². The highest BCUT2D eigenvalue weighted by Crippen LogP contribution is 2.33. The molecule has 0 aliphatic carbocycles. The van der Waals surface area contributed by atoms with E-state index in [4.69, 9.17) is 23.2 Å². The Morgan fingerprint density at radius 3 is 2.75 bits per heavy atom. The fourth-order valence-corrected chi connectivity index (χ4v) is 2.36. The van der Waals surface area contributed by atoms with Gasteiger partial charge in [-0.05, 0) is 28.1 Å². The van der Waals surface area contributed by atoms with Crippen molar-refractivity contribution in [1.82, 2.24) is 0 Å². The van der Waals surface area contributed by atoms with Crippen LogP contribution in [0.3, 0.4) is 0 Å². The zero-order valence-electron chi connectivity index (χ0n) is 8.01. The van der Waals surface area contributed by atoms with Gasteiger partial charge >= 0.3 is 0 Å². The van der Waals surface area contributed by atoms with E-state index in [1.54, 1.807) is 0 Å². The molecule has 6 heteroatoms. The molecule has 1 unspecified atom stereocenters. The average molecular weight is 327 g/mol. The van der Waals surface area contributed by atoms with E-state index >= 15 is 0 Å². The van der Waals surface area contributed by atoms with E-state index in [1.807, 2.05) is 0 Å². The summed E-state index contributed by atoms with van der Waals surface area (Å²) in [7, 11) is 0. The van der Waals surface area contributed by atoms with Crippen molar-refractivity contribution in [3.05, 3.63) is 27.4 Å². The van der Waals surface area contributed by atoms with Gasteiger partial charge < -0.3 is 4.90 Å². The van der Waals surface area contributed by atoms with Crippen molar-refractivity contribution in [1.29, 1.82) is 0 Å². The number of benzene rings is 1. The van der Waals surface area contributed by atoms with Gasteiger partial charge in [-0.3, -0.25) is 4.79 Å². The first-order valence-corrected chi connectivity index (χ1v) is 6.18. The van der Waals surface area contributed by atoms with Crippen molar-refractivity contribution in [2.75, 3.05) is 11.4 Å². The first-order valence-electron chi connectivity index (χ1n) is 4.58. The average Bonchev–Trinajstić information content (AvgIpc) is 2.51. The van der Waals surface area contributed by atoms with Crippen molar-refractivity contribution in [3.8, 4) is 0 Å². The molecule has 1 saturated heterocycles. The Bertz CT molecular complexity index is 455. The Labute approximate surface area is 110 Å². The second kappa shape index (κ2) is 4.51. The number of hydrogen-bond acceptors (Lipinski definition) is 1. The summed E-state index contributed by atoms with van der Waals surface area (Å²) in [5, 5.41) is 0.0940. The van der Waals surface area contributed by atoms with Crippen LogP contribution in [0.5, 0.6) is 0 Å². The van der Waals surface area contributed by atoms with Gasteiger partial charge in [-0.25, -0.2) is 4.39 Å². The first kappa shape index (κ1) is 12.1. The molecule has 0 spiro atoms. The van der Waals surface area contributed by atoms with Crippen molar-refractivity contribution in [2.24, 2.45) is 0 Å². The monoisotopic (exact) mass is 325 g/mol. The fourth-order valence-electron chi connectivity index (χ4n) is 1.62. The molecule has 2 nitrogen and oxygen atoms in total. The van der Waals surface area contributed by atoms with Crippen LogP contribution in [0, 0.1) is 5.82 Å². The van der Waals surface area contributed by atoms with Gasteiger partial charge in [-0.15, -0.1) is 11.6 Å². The van der Waals surface area contributed by atoms with E-state index in [2.05, 4.69) is 15.9 Å². The molecule has 1 atom stereocenters. The third kappa shape index (κ3) is 2.19. The topological polar surface area (TPSA) is 20.3 Å². The molecule has 1 heterocycles. The van der Waals surface area contributed by atoms with E-state index in [0.717, 1.165) is 0 Å². The highest BCUT2D eigenvalue weighted by atomic mass is 79.9. The van der Waals surface area contributed by atoms with Crippen molar-refractivity contribution in [2.45, 2.75) is 11.8 Å². The van der Waals surface area contributed by atoms with Gasteiger partial charge in [0.05, 0.1) is 16.1 Å². The van der Waals surface area contributed by atoms with Crippen LogP contribution in [0.1, 0.15) is 6.42 Å². The normalized spacial score (nSPS) is 20.6. The third-order valence-electron chi connectivity index (χ3n) is 2.36. The standard InChI is InChI=1S/C10H7BrCl2FNO/c11-6-2-8(14)9(3-7(6)13)15-4-5(12)1-10(15)16/h2-3,5H,1,4H2. The van der Waals surface area contributed by atoms with Crippen LogP contribution < -0.4 is 4.90 Å². The lowest BCUT2D eigenvalue weighted by atomic mass is 10.3. The second-order valence-corrected chi connectivity index (χ2v) is 5.40. The Kier molecular flexibility index (Phi) is 3.42. The zero-order valence-corrected chi connectivity index (χ0v) is 11.1. The van der Waals surface area contributed by atoms with Crippen molar-refractivity contribution in [3.63, 3.8) is 0 Å². The molecule has 1 amide bonds. The summed E-state index contributed by atoms with van der Waals surface area (Å²) in [4.78, 5) is 12.9. The van der Waals surface area contributed by atoms with E-state index in [1.165, 1.54) is 17.0 Å². The minimum atomic E-state index is -0.490. The minimum absolute atomic E-state index is 0.182. The molecule has 0 saturated carbocycles. The van der Waals surface area contributed by atoms with Crippen LogP contribution in [0.25, 0.3) is 0 Å². The molecule has 1 aliphatic heterocycles. The summed E-state index contributed by atoms with van der Waals surface area (Å²) in [6.45, 7) is 0.315. The maximum atomic E-state index is 13.7. The summed E-state index contributed by atoms with van der Waals surface area (Å²) in [5.74, 6) is -0.673. The van der Waals surface area contributed by atoms with Gasteiger partial charge in [-0.2, -0.15) is 0 Å². The van der Waals surface area contributed by atoms with E-state index in [0.29, 0.717) is 16.0 Å². The lowest BCUT2D eigenvalue weighted by molar-refractivity contribution is -0.117. The Hall–Kier alpha value is -0.320. The van der Waals surface area contributed by atoms with E-state index in [9.17, 15) is 9.18 Å². The molecule has 1 fully saturated rings. The number of alkyl halides is 1. The molecular formula is C10H7BrCl2FNO. The number of nitrogens with zero attached hydrogens (tertiary/aromatic N) is 1. The molecule has 1 aromatic rings. The van der Waals surface area contributed by atoms with Gasteiger partial charge in [0.1, 0.15) is 5.82 Å². The van der Waals surface area contributed by atoms with Gasteiger partial charge in [0, 0.05) is 17.4 Å². The van der Waals surface area contributed by atoms with Gasteiger partial charge in [0.2, 0.25) is 5.91 Å². The molecule has 86 valence electrons. The van der Waals surface area contributed by atoms with Crippen LogP contribution in [0.4, 0.5) is 10.1 Å². The Morgan fingerprint density at radius 1 is 1.50 bits per heavy atom. The van der Waals surface area contributed by atoms with Crippen molar-refractivity contribution >= 4 is 50.7 Å². The van der Waals surface area contributed by atoms with Gasteiger partial charge in [0.25, 0.3) is 0 Å². The summed E-state index contributed by atoms with van der Waals surface area (Å²) in [6, 6.07) is 2.67. The SMILES string of the molecule is O=C1CC(Cl)CN1c1cc(Cl)c(Br)cc1F. The number of carbonyl (C=O) groups excluding carboxylic acids is 1. The molecule has 1 aromatic carbocycles. The van der Waals surface area contributed by atoms with E-state index < -0.39 is 5.82 Å². The predicted molar refractivity (Wildman–Crippen MR) is 65.7 cm³/mol. The number of carbonyl (C=O) groups is 1. The minimum Gasteiger partial charge on any atom is -0.308 e.